The number of ether oxygens (including phenoxy) is 1. The highest BCUT2D eigenvalue weighted by Gasteiger charge is 2.37. The molecular formula is C14H25N3O2. The Bertz CT molecular complexity index is 389. The second-order valence-corrected chi connectivity index (χ2v) is 5.39. The molecule has 1 aromatic rings. The molecule has 1 aromatic heterocycles. The Morgan fingerprint density at radius 2 is 2.16 bits per heavy atom. The first-order valence-corrected chi connectivity index (χ1v) is 6.83. The second kappa shape index (κ2) is 6.70. The summed E-state index contributed by atoms with van der Waals surface area (Å²) in [5.74, 6) is -0.206. The zero-order valence-electron chi connectivity index (χ0n) is 12.5. The molecule has 2 unspecified atom stereocenters. The van der Waals surface area contributed by atoms with Crippen molar-refractivity contribution in [2.45, 2.75) is 58.7 Å². The summed E-state index contributed by atoms with van der Waals surface area (Å²) < 4.78 is 7.06. The fourth-order valence-corrected chi connectivity index (χ4v) is 2.35. The van der Waals surface area contributed by atoms with E-state index in [9.17, 15) is 4.79 Å². The van der Waals surface area contributed by atoms with Crippen LogP contribution in [-0.4, -0.2) is 33.9 Å². The van der Waals surface area contributed by atoms with E-state index in [2.05, 4.69) is 10.4 Å². The largest absolute Gasteiger partial charge is 0.465 e. The standard InChI is InChI=1S/C14H25N3O2/c1-6-19-13(18)14(5,16-11(2)3)10-12(4)17-9-7-8-15-17/h7-9,11-12,16H,6,10H2,1-5H3. The molecule has 1 rings (SSSR count). The third-order valence-electron chi connectivity index (χ3n) is 3.01. The zero-order valence-corrected chi connectivity index (χ0v) is 12.5. The van der Waals surface area contributed by atoms with Crippen molar-refractivity contribution in [3.05, 3.63) is 18.5 Å². The summed E-state index contributed by atoms with van der Waals surface area (Å²) in [6.07, 6.45) is 4.28. The lowest BCUT2D eigenvalue weighted by Crippen LogP contribution is -2.54. The van der Waals surface area contributed by atoms with Gasteiger partial charge in [-0.15, -0.1) is 0 Å². The van der Waals surface area contributed by atoms with Crippen molar-refractivity contribution in [3.8, 4) is 0 Å². The number of rotatable bonds is 7. The Morgan fingerprint density at radius 3 is 2.63 bits per heavy atom. The molecule has 0 fully saturated rings. The predicted molar refractivity (Wildman–Crippen MR) is 74.9 cm³/mol. The van der Waals surface area contributed by atoms with E-state index in [-0.39, 0.29) is 18.1 Å². The van der Waals surface area contributed by atoms with E-state index in [4.69, 9.17) is 4.74 Å². The molecule has 1 N–H and O–H groups in total. The van der Waals surface area contributed by atoms with Crippen molar-refractivity contribution >= 4 is 5.97 Å². The van der Waals surface area contributed by atoms with Gasteiger partial charge in [-0.05, 0) is 47.1 Å². The Hall–Kier alpha value is -1.36. The normalized spacial score (nSPS) is 16.1. The van der Waals surface area contributed by atoms with Crippen LogP contribution in [0.15, 0.2) is 18.5 Å². The van der Waals surface area contributed by atoms with E-state index in [1.807, 2.05) is 51.6 Å². The van der Waals surface area contributed by atoms with E-state index in [1.165, 1.54) is 0 Å². The average Bonchev–Trinajstić information content (AvgIpc) is 2.81. The Labute approximate surface area is 115 Å². The van der Waals surface area contributed by atoms with E-state index in [1.54, 1.807) is 6.20 Å². The van der Waals surface area contributed by atoms with Crippen LogP contribution in [0.4, 0.5) is 0 Å². The summed E-state index contributed by atoms with van der Waals surface area (Å²) in [5, 5.41) is 7.54. The molecule has 0 spiro atoms. The summed E-state index contributed by atoms with van der Waals surface area (Å²) in [7, 11) is 0. The predicted octanol–water partition coefficient (Wildman–Crippen LogP) is 2.15. The van der Waals surface area contributed by atoms with Gasteiger partial charge >= 0.3 is 5.97 Å². The highest BCUT2D eigenvalue weighted by molar-refractivity contribution is 5.80. The number of nitrogens with one attached hydrogen (secondary N) is 1. The Morgan fingerprint density at radius 1 is 1.47 bits per heavy atom. The molecule has 0 saturated carbocycles. The van der Waals surface area contributed by atoms with Gasteiger partial charge in [-0.1, -0.05) is 0 Å². The summed E-state index contributed by atoms with van der Waals surface area (Å²) in [5.41, 5.74) is -0.699. The van der Waals surface area contributed by atoms with Crippen LogP contribution >= 0.6 is 0 Å². The van der Waals surface area contributed by atoms with Crippen LogP contribution < -0.4 is 5.32 Å². The molecule has 0 aliphatic rings. The van der Waals surface area contributed by atoms with Gasteiger partial charge in [-0.2, -0.15) is 5.10 Å². The number of carbonyl (C=O) groups excluding carboxylic acids is 1. The fraction of sp³-hybridized carbons (Fsp3) is 0.714. The maximum absolute atomic E-state index is 12.2. The van der Waals surface area contributed by atoms with Crippen molar-refractivity contribution in [2.24, 2.45) is 0 Å². The van der Waals surface area contributed by atoms with Gasteiger partial charge in [0.25, 0.3) is 0 Å². The van der Waals surface area contributed by atoms with Crippen molar-refractivity contribution in [3.63, 3.8) is 0 Å². The molecule has 0 bridgehead atoms. The molecule has 5 nitrogen and oxygen atoms in total. The van der Waals surface area contributed by atoms with E-state index in [0.29, 0.717) is 13.0 Å². The van der Waals surface area contributed by atoms with Crippen molar-refractivity contribution in [1.82, 2.24) is 15.1 Å². The lowest BCUT2D eigenvalue weighted by Gasteiger charge is -2.33. The third kappa shape index (κ3) is 4.35. The van der Waals surface area contributed by atoms with E-state index >= 15 is 0 Å². The van der Waals surface area contributed by atoms with Crippen molar-refractivity contribution < 1.29 is 9.53 Å². The molecule has 0 aromatic carbocycles. The van der Waals surface area contributed by atoms with Crippen LogP contribution in [0.3, 0.4) is 0 Å². The maximum atomic E-state index is 12.2. The highest BCUT2D eigenvalue weighted by atomic mass is 16.5. The summed E-state index contributed by atoms with van der Waals surface area (Å²) in [4.78, 5) is 12.2. The monoisotopic (exact) mass is 267 g/mol. The van der Waals surface area contributed by atoms with E-state index in [0.717, 1.165) is 0 Å². The van der Waals surface area contributed by atoms with Gasteiger partial charge < -0.3 is 4.74 Å². The third-order valence-corrected chi connectivity index (χ3v) is 3.01. The molecule has 0 amide bonds. The highest BCUT2D eigenvalue weighted by Crippen LogP contribution is 2.22. The van der Waals surface area contributed by atoms with Gasteiger partial charge in [0.2, 0.25) is 0 Å². The number of hydrogen-bond donors (Lipinski definition) is 1. The topological polar surface area (TPSA) is 56.2 Å². The lowest BCUT2D eigenvalue weighted by atomic mass is 9.92. The van der Waals surface area contributed by atoms with Crippen LogP contribution in [0.25, 0.3) is 0 Å². The minimum absolute atomic E-state index is 0.121. The van der Waals surface area contributed by atoms with E-state index < -0.39 is 5.54 Å². The van der Waals surface area contributed by atoms with Gasteiger partial charge in [0, 0.05) is 18.4 Å². The molecule has 0 saturated heterocycles. The summed E-state index contributed by atoms with van der Waals surface area (Å²) in [6.45, 7) is 10.2. The molecule has 19 heavy (non-hydrogen) atoms. The first-order chi connectivity index (χ1) is 8.89. The molecular weight excluding hydrogens is 242 g/mol. The van der Waals surface area contributed by atoms with Gasteiger partial charge in [0.05, 0.1) is 12.6 Å². The van der Waals surface area contributed by atoms with Crippen molar-refractivity contribution in [2.75, 3.05) is 6.61 Å². The minimum atomic E-state index is -0.699. The molecule has 108 valence electrons. The minimum Gasteiger partial charge on any atom is -0.465 e. The molecule has 5 heteroatoms. The van der Waals surface area contributed by atoms with Crippen LogP contribution in [0.5, 0.6) is 0 Å². The van der Waals surface area contributed by atoms with Crippen LogP contribution in [0.1, 0.15) is 47.1 Å². The summed E-state index contributed by atoms with van der Waals surface area (Å²) >= 11 is 0. The van der Waals surface area contributed by atoms with Crippen molar-refractivity contribution in [1.29, 1.82) is 0 Å². The Kier molecular flexibility index (Phi) is 5.54. The molecule has 2 atom stereocenters. The smallest absolute Gasteiger partial charge is 0.326 e. The number of carbonyl (C=O) groups is 1. The quantitative estimate of drug-likeness (QED) is 0.769. The molecule has 0 aliphatic carbocycles. The number of hydrogen-bond acceptors (Lipinski definition) is 4. The SMILES string of the molecule is CCOC(=O)C(C)(CC(C)n1cccn1)NC(C)C. The summed E-state index contributed by atoms with van der Waals surface area (Å²) in [6, 6.07) is 2.21. The van der Waals surface area contributed by atoms with Gasteiger partial charge in [0.15, 0.2) is 0 Å². The lowest BCUT2D eigenvalue weighted by molar-refractivity contribution is -0.151. The van der Waals surface area contributed by atoms with Gasteiger partial charge in [-0.3, -0.25) is 14.8 Å². The number of aromatic nitrogens is 2. The number of nitrogens with zero attached hydrogens (tertiary/aromatic N) is 2. The number of esters is 1. The average molecular weight is 267 g/mol. The molecule has 1 heterocycles. The molecule has 0 radical (unpaired) electrons. The fourth-order valence-electron chi connectivity index (χ4n) is 2.35. The Balaban J connectivity index is 2.81. The first-order valence-electron chi connectivity index (χ1n) is 6.83. The second-order valence-electron chi connectivity index (χ2n) is 5.39. The van der Waals surface area contributed by atoms with Crippen LogP contribution in [0.2, 0.25) is 0 Å². The first kappa shape index (κ1) is 15.7. The van der Waals surface area contributed by atoms with Gasteiger partial charge in [-0.25, -0.2) is 0 Å². The molecule has 0 aliphatic heterocycles. The van der Waals surface area contributed by atoms with Crippen LogP contribution in [0, 0.1) is 0 Å². The van der Waals surface area contributed by atoms with Gasteiger partial charge in [0.1, 0.15) is 5.54 Å². The maximum Gasteiger partial charge on any atom is 0.326 e. The van der Waals surface area contributed by atoms with Crippen LogP contribution in [-0.2, 0) is 9.53 Å². The zero-order chi connectivity index (χ0) is 14.5.